The van der Waals surface area contributed by atoms with Gasteiger partial charge < -0.3 is 15.5 Å². The summed E-state index contributed by atoms with van der Waals surface area (Å²) in [6.07, 6.45) is 1.78. The maximum Gasteiger partial charge on any atom is 0.243 e. The number of rotatable bonds is 6. The summed E-state index contributed by atoms with van der Waals surface area (Å²) in [5, 5.41) is 6.03. The number of nitrogens with one attached hydrogen (secondary N) is 2. The maximum atomic E-state index is 12.2. The smallest absolute Gasteiger partial charge is 0.243 e. The SMILES string of the molecule is Cc1c(Cl)cccc1NC(=O)CNC(=O)CN1CCN(c2ccccn2)CC1. The van der Waals surface area contributed by atoms with Crippen molar-refractivity contribution in [2.45, 2.75) is 6.92 Å². The predicted octanol–water partition coefficient (Wildman–Crippen LogP) is 1.92. The van der Waals surface area contributed by atoms with E-state index in [0.29, 0.717) is 10.7 Å². The summed E-state index contributed by atoms with van der Waals surface area (Å²) < 4.78 is 0. The molecule has 0 saturated carbocycles. The molecular weight excluding hydrogens is 378 g/mol. The van der Waals surface area contributed by atoms with Crippen molar-refractivity contribution in [1.82, 2.24) is 15.2 Å². The quantitative estimate of drug-likeness (QED) is 0.773. The minimum Gasteiger partial charge on any atom is -0.354 e. The average molecular weight is 402 g/mol. The van der Waals surface area contributed by atoms with E-state index < -0.39 is 0 Å². The first-order chi connectivity index (χ1) is 13.5. The number of amides is 2. The first kappa shape index (κ1) is 20.1. The van der Waals surface area contributed by atoms with E-state index in [0.717, 1.165) is 37.6 Å². The van der Waals surface area contributed by atoms with Crippen molar-refractivity contribution in [3.63, 3.8) is 0 Å². The molecule has 2 N–H and O–H groups in total. The van der Waals surface area contributed by atoms with Gasteiger partial charge in [0.1, 0.15) is 5.82 Å². The molecule has 8 heteroatoms. The van der Waals surface area contributed by atoms with Gasteiger partial charge in [0.05, 0.1) is 13.1 Å². The molecule has 0 bridgehead atoms. The minimum atomic E-state index is -0.279. The zero-order valence-electron chi connectivity index (χ0n) is 15.8. The van der Waals surface area contributed by atoms with Crippen molar-refractivity contribution in [3.8, 4) is 0 Å². The molecule has 148 valence electrons. The molecule has 2 heterocycles. The van der Waals surface area contributed by atoms with Crippen LogP contribution in [0.4, 0.5) is 11.5 Å². The summed E-state index contributed by atoms with van der Waals surface area (Å²) in [6, 6.07) is 11.2. The van der Waals surface area contributed by atoms with E-state index in [2.05, 4.69) is 25.4 Å². The van der Waals surface area contributed by atoms with Gasteiger partial charge in [-0.25, -0.2) is 4.98 Å². The van der Waals surface area contributed by atoms with Gasteiger partial charge in [-0.2, -0.15) is 0 Å². The molecule has 0 atom stereocenters. The Hall–Kier alpha value is -2.64. The molecule has 1 aromatic heterocycles. The standard InChI is InChI=1S/C20H24ClN5O2/c1-15-16(21)5-4-6-17(15)24-19(27)13-23-20(28)14-25-9-11-26(12-10-25)18-7-2-3-8-22-18/h2-8H,9-14H2,1H3,(H,23,28)(H,24,27). The topological polar surface area (TPSA) is 77.6 Å². The molecule has 1 aliphatic rings. The molecule has 2 amide bonds. The Labute approximate surface area is 169 Å². The van der Waals surface area contributed by atoms with Crippen LogP contribution in [0, 0.1) is 6.92 Å². The normalized spacial score (nSPS) is 14.6. The van der Waals surface area contributed by atoms with Crippen LogP contribution in [-0.2, 0) is 9.59 Å². The molecule has 0 radical (unpaired) electrons. The monoisotopic (exact) mass is 401 g/mol. The van der Waals surface area contributed by atoms with Crippen LogP contribution in [0.5, 0.6) is 0 Å². The summed E-state index contributed by atoms with van der Waals surface area (Å²) in [7, 11) is 0. The second kappa shape index (κ2) is 9.52. The van der Waals surface area contributed by atoms with Gasteiger partial charge in [-0.15, -0.1) is 0 Å². The number of aromatic nitrogens is 1. The average Bonchev–Trinajstić information content (AvgIpc) is 2.71. The summed E-state index contributed by atoms with van der Waals surface area (Å²) in [6.45, 7) is 5.23. The fourth-order valence-corrected chi connectivity index (χ4v) is 3.23. The Morgan fingerprint density at radius 1 is 1.07 bits per heavy atom. The molecule has 0 spiro atoms. The van der Waals surface area contributed by atoms with Gasteiger partial charge in [0, 0.05) is 43.1 Å². The van der Waals surface area contributed by atoms with Crippen molar-refractivity contribution in [2.75, 3.05) is 49.5 Å². The van der Waals surface area contributed by atoms with Crippen LogP contribution < -0.4 is 15.5 Å². The van der Waals surface area contributed by atoms with Gasteiger partial charge in [-0.1, -0.05) is 23.7 Å². The van der Waals surface area contributed by atoms with Gasteiger partial charge in [0.15, 0.2) is 0 Å². The lowest BCUT2D eigenvalue weighted by Gasteiger charge is -2.34. The largest absolute Gasteiger partial charge is 0.354 e. The van der Waals surface area contributed by atoms with E-state index in [1.165, 1.54) is 0 Å². The van der Waals surface area contributed by atoms with Gasteiger partial charge in [-0.3, -0.25) is 14.5 Å². The van der Waals surface area contributed by atoms with Crippen molar-refractivity contribution in [3.05, 3.63) is 53.2 Å². The predicted molar refractivity (Wildman–Crippen MR) is 111 cm³/mol. The highest BCUT2D eigenvalue weighted by Gasteiger charge is 2.20. The number of carbonyl (C=O) groups excluding carboxylic acids is 2. The van der Waals surface area contributed by atoms with Crippen LogP contribution >= 0.6 is 11.6 Å². The first-order valence-corrected chi connectivity index (χ1v) is 9.61. The van der Waals surface area contributed by atoms with Gasteiger partial charge in [0.2, 0.25) is 11.8 Å². The number of carbonyl (C=O) groups is 2. The molecule has 2 aromatic rings. The molecule has 1 fully saturated rings. The third-order valence-corrected chi connectivity index (χ3v) is 5.11. The number of piperazine rings is 1. The molecule has 7 nitrogen and oxygen atoms in total. The fraction of sp³-hybridized carbons (Fsp3) is 0.350. The van der Waals surface area contributed by atoms with Crippen LogP contribution in [0.2, 0.25) is 5.02 Å². The van der Waals surface area contributed by atoms with Gasteiger partial charge >= 0.3 is 0 Å². The molecule has 0 aliphatic carbocycles. The van der Waals surface area contributed by atoms with E-state index in [-0.39, 0.29) is 24.9 Å². The van der Waals surface area contributed by atoms with Crippen LogP contribution in [0.1, 0.15) is 5.56 Å². The van der Waals surface area contributed by atoms with Gasteiger partial charge in [0.25, 0.3) is 0 Å². The van der Waals surface area contributed by atoms with E-state index in [1.54, 1.807) is 24.4 Å². The fourth-order valence-electron chi connectivity index (χ4n) is 3.05. The van der Waals surface area contributed by atoms with Crippen molar-refractivity contribution in [1.29, 1.82) is 0 Å². The number of hydrogen-bond acceptors (Lipinski definition) is 5. The lowest BCUT2D eigenvalue weighted by atomic mass is 10.2. The number of benzene rings is 1. The number of anilines is 2. The maximum absolute atomic E-state index is 12.2. The van der Waals surface area contributed by atoms with E-state index >= 15 is 0 Å². The molecular formula is C20H24ClN5O2. The first-order valence-electron chi connectivity index (χ1n) is 9.23. The Bertz CT molecular complexity index is 823. The van der Waals surface area contributed by atoms with Crippen LogP contribution in [0.15, 0.2) is 42.6 Å². The number of halogens is 1. The summed E-state index contributed by atoms with van der Waals surface area (Å²) in [5.74, 6) is 0.516. The van der Waals surface area contributed by atoms with E-state index in [9.17, 15) is 9.59 Å². The number of hydrogen-bond donors (Lipinski definition) is 2. The lowest BCUT2D eigenvalue weighted by molar-refractivity contribution is -0.125. The molecule has 1 saturated heterocycles. The van der Waals surface area contributed by atoms with Crippen LogP contribution in [-0.4, -0.2) is 61.0 Å². The minimum absolute atomic E-state index is 0.0707. The zero-order chi connectivity index (χ0) is 19.9. The summed E-state index contributed by atoms with van der Waals surface area (Å²) in [4.78, 5) is 32.9. The highest BCUT2D eigenvalue weighted by atomic mass is 35.5. The highest BCUT2D eigenvalue weighted by Crippen LogP contribution is 2.22. The summed E-state index contributed by atoms with van der Waals surface area (Å²) in [5.41, 5.74) is 1.45. The van der Waals surface area contributed by atoms with Crippen molar-refractivity contribution >= 4 is 34.9 Å². The van der Waals surface area contributed by atoms with Crippen molar-refractivity contribution < 1.29 is 9.59 Å². The zero-order valence-corrected chi connectivity index (χ0v) is 16.6. The Morgan fingerprint density at radius 2 is 1.86 bits per heavy atom. The second-order valence-corrected chi connectivity index (χ2v) is 7.10. The number of nitrogens with zero attached hydrogens (tertiary/aromatic N) is 3. The lowest BCUT2D eigenvalue weighted by Crippen LogP contribution is -2.50. The van der Waals surface area contributed by atoms with E-state index in [1.807, 2.05) is 25.1 Å². The van der Waals surface area contributed by atoms with Crippen LogP contribution in [0.3, 0.4) is 0 Å². The number of pyridine rings is 1. The summed E-state index contributed by atoms with van der Waals surface area (Å²) >= 11 is 6.05. The van der Waals surface area contributed by atoms with Crippen molar-refractivity contribution in [2.24, 2.45) is 0 Å². The Morgan fingerprint density at radius 3 is 2.57 bits per heavy atom. The highest BCUT2D eigenvalue weighted by molar-refractivity contribution is 6.31. The van der Waals surface area contributed by atoms with E-state index in [4.69, 9.17) is 11.6 Å². The molecule has 28 heavy (non-hydrogen) atoms. The Kier molecular flexibility index (Phi) is 6.84. The molecule has 1 aromatic carbocycles. The Balaban J connectivity index is 1.39. The third-order valence-electron chi connectivity index (χ3n) is 4.70. The van der Waals surface area contributed by atoms with Gasteiger partial charge in [-0.05, 0) is 36.8 Å². The van der Waals surface area contributed by atoms with Crippen LogP contribution in [0.25, 0.3) is 0 Å². The molecule has 3 rings (SSSR count). The second-order valence-electron chi connectivity index (χ2n) is 6.69. The third kappa shape index (κ3) is 5.43. The molecule has 0 unspecified atom stereocenters. The molecule has 1 aliphatic heterocycles.